The molecular formula is C10H14FNS. The van der Waals surface area contributed by atoms with Crippen LogP contribution in [0.25, 0.3) is 0 Å². The van der Waals surface area contributed by atoms with Gasteiger partial charge in [0, 0.05) is 16.5 Å². The highest BCUT2D eigenvalue weighted by atomic mass is 32.2. The molecule has 0 radical (unpaired) electrons. The van der Waals surface area contributed by atoms with Gasteiger partial charge in [0.2, 0.25) is 0 Å². The molecule has 3 heteroatoms. The lowest BCUT2D eigenvalue weighted by atomic mass is 10.1. The summed E-state index contributed by atoms with van der Waals surface area (Å²) in [4.78, 5) is 0.984. The van der Waals surface area contributed by atoms with Crippen LogP contribution in [-0.2, 0) is 6.42 Å². The van der Waals surface area contributed by atoms with Crippen molar-refractivity contribution in [1.29, 1.82) is 0 Å². The Morgan fingerprint density at radius 1 is 1.54 bits per heavy atom. The molecule has 0 bridgehead atoms. The monoisotopic (exact) mass is 199 g/mol. The predicted molar refractivity (Wildman–Crippen MR) is 55.5 cm³/mol. The molecule has 0 aromatic heterocycles. The summed E-state index contributed by atoms with van der Waals surface area (Å²) in [6.07, 6.45) is 2.54. The van der Waals surface area contributed by atoms with Gasteiger partial charge in [0.1, 0.15) is 5.82 Å². The second kappa shape index (κ2) is 4.63. The minimum atomic E-state index is -0.149. The van der Waals surface area contributed by atoms with Crippen molar-refractivity contribution in [3.8, 4) is 0 Å². The summed E-state index contributed by atoms with van der Waals surface area (Å²) in [5.74, 6) is -0.149. The molecular weight excluding hydrogens is 185 g/mol. The highest BCUT2D eigenvalue weighted by molar-refractivity contribution is 7.98. The Morgan fingerprint density at radius 3 is 2.77 bits per heavy atom. The largest absolute Gasteiger partial charge is 0.328 e. The molecule has 1 atom stereocenters. The third kappa shape index (κ3) is 2.71. The molecule has 13 heavy (non-hydrogen) atoms. The fourth-order valence-corrected chi connectivity index (χ4v) is 1.89. The van der Waals surface area contributed by atoms with E-state index in [-0.39, 0.29) is 11.9 Å². The molecule has 1 unspecified atom stereocenters. The number of hydrogen-bond donors (Lipinski definition) is 1. The van der Waals surface area contributed by atoms with Crippen molar-refractivity contribution in [3.63, 3.8) is 0 Å². The van der Waals surface area contributed by atoms with Gasteiger partial charge in [0.05, 0.1) is 0 Å². The second-order valence-corrected chi connectivity index (χ2v) is 3.95. The van der Waals surface area contributed by atoms with Crippen molar-refractivity contribution in [2.45, 2.75) is 24.3 Å². The van der Waals surface area contributed by atoms with Crippen molar-refractivity contribution in [2.75, 3.05) is 6.26 Å². The van der Waals surface area contributed by atoms with E-state index in [2.05, 4.69) is 0 Å². The Balaban J connectivity index is 3.00. The highest BCUT2D eigenvalue weighted by Crippen LogP contribution is 2.23. The molecule has 1 rings (SSSR count). The molecule has 72 valence electrons. The molecule has 0 aliphatic heterocycles. The first kappa shape index (κ1) is 10.5. The van der Waals surface area contributed by atoms with Crippen molar-refractivity contribution < 1.29 is 4.39 Å². The normalized spacial score (nSPS) is 12.9. The molecule has 1 aromatic rings. The quantitative estimate of drug-likeness (QED) is 0.757. The lowest BCUT2D eigenvalue weighted by Crippen LogP contribution is -2.19. The Morgan fingerprint density at radius 2 is 2.23 bits per heavy atom. The standard InChI is InChI=1S/C10H14FNS/c1-7(12)6-8-9(11)4-3-5-10(8)13-2/h3-5,7H,6,12H2,1-2H3. The summed E-state index contributed by atoms with van der Waals surface area (Å²) in [5, 5.41) is 0. The van der Waals surface area contributed by atoms with Crippen LogP contribution in [0.4, 0.5) is 4.39 Å². The van der Waals surface area contributed by atoms with E-state index < -0.39 is 0 Å². The highest BCUT2D eigenvalue weighted by Gasteiger charge is 2.08. The first-order valence-corrected chi connectivity index (χ1v) is 5.44. The summed E-state index contributed by atoms with van der Waals surface area (Å²) in [6, 6.07) is 5.14. The van der Waals surface area contributed by atoms with Gasteiger partial charge in [-0.1, -0.05) is 6.07 Å². The van der Waals surface area contributed by atoms with Crippen molar-refractivity contribution in [1.82, 2.24) is 0 Å². The summed E-state index contributed by atoms with van der Waals surface area (Å²) >= 11 is 1.56. The van der Waals surface area contributed by atoms with Crippen LogP contribution >= 0.6 is 11.8 Å². The Bertz CT molecular complexity index is 286. The topological polar surface area (TPSA) is 26.0 Å². The first-order valence-electron chi connectivity index (χ1n) is 4.22. The zero-order valence-corrected chi connectivity index (χ0v) is 8.70. The first-order chi connectivity index (χ1) is 6.15. The average Bonchev–Trinajstić information content (AvgIpc) is 2.08. The van der Waals surface area contributed by atoms with Crippen LogP contribution in [0, 0.1) is 5.82 Å². The van der Waals surface area contributed by atoms with Crippen molar-refractivity contribution in [3.05, 3.63) is 29.6 Å². The summed E-state index contributed by atoms with van der Waals surface area (Å²) in [5.41, 5.74) is 6.38. The number of rotatable bonds is 3. The molecule has 0 heterocycles. The Hall–Kier alpha value is -0.540. The maximum Gasteiger partial charge on any atom is 0.127 e. The number of benzene rings is 1. The van der Waals surface area contributed by atoms with Crippen LogP contribution in [0.2, 0.25) is 0 Å². The van der Waals surface area contributed by atoms with E-state index in [1.54, 1.807) is 17.8 Å². The van der Waals surface area contributed by atoms with E-state index >= 15 is 0 Å². The van der Waals surface area contributed by atoms with Crippen molar-refractivity contribution in [2.24, 2.45) is 5.73 Å². The van der Waals surface area contributed by atoms with Gasteiger partial charge in [-0.05, 0) is 31.7 Å². The minimum Gasteiger partial charge on any atom is -0.328 e. The van der Waals surface area contributed by atoms with Crippen LogP contribution in [0.3, 0.4) is 0 Å². The van der Waals surface area contributed by atoms with E-state index in [1.165, 1.54) is 6.07 Å². The van der Waals surface area contributed by atoms with Gasteiger partial charge in [-0.25, -0.2) is 4.39 Å². The predicted octanol–water partition coefficient (Wildman–Crippen LogP) is 2.44. The maximum absolute atomic E-state index is 13.3. The van der Waals surface area contributed by atoms with Crippen LogP contribution in [0.1, 0.15) is 12.5 Å². The van der Waals surface area contributed by atoms with Gasteiger partial charge < -0.3 is 5.73 Å². The summed E-state index contributed by atoms with van der Waals surface area (Å²) < 4.78 is 13.3. The molecule has 0 aliphatic rings. The molecule has 0 amide bonds. The lowest BCUT2D eigenvalue weighted by molar-refractivity contribution is 0.589. The van der Waals surface area contributed by atoms with Crippen LogP contribution in [-0.4, -0.2) is 12.3 Å². The molecule has 1 aromatic carbocycles. The molecule has 2 N–H and O–H groups in total. The van der Waals surface area contributed by atoms with E-state index in [0.29, 0.717) is 6.42 Å². The number of halogens is 1. The molecule has 0 saturated heterocycles. The molecule has 1 nitrogen and oxygen atoms in total. The fraction of sp³-hybridized carbons (Fsp3) is 0.400. The fourth-order valence-electron chi connectivity index (χ4n) is 1.25. The zero-order chi connectivity index (χ0) is 9.84. The van der Waals surface area contributed by atoms with E-state index in [4.69, 9.17) is 5.73 Å². The van der Waals surface area contributed by atoms with E-state index in [1.807, 2.05) is 19.2 Å². The number of thioether (sulfide) groups is 1. The smallest absolute Gasteiger partial charge is 0.127 e. The van der Waals surface area contributed by atoms with E-state index in [9.17, 15) is 4.39 Å². The number of hydrogen-bond acceptors (Lipinski definition) is 2. The maximum atomic E-state index is 13.3. The minimum absolute atomic E-state index is 0.00259. The van der Waals surface area contributed by atoms with Gasteiger partial charge in [0.15, 0.2) is 0 Å². The molecule has 0 fully saturated rings. The van der Waals surface area contributed by atoms with Crippen LogP contribution in [0.5, 0.6) is 0 Å². The van der Waals surface area contributed by atoms with Gasteiger partial charge in [-0.3, -0.25) is 0 Å². The molecule has 0 saturated carbocycles. The van der Waals surface area contributed by atoms with Gasteiger partial charge in [-0.15, -0.1) is 11.8 Å². The second-order valence-electron chi connectivity index (χ2n) is 3.10. The SMILES string of the molecule is CSc1cccc(F)c1CC(C)N. The molecule has 0 aliphatic carbocycles. The molecule has 0 spiro atoms. The number of nitrogens with two attached hydrogens (primary N) is 1. The van der Waals surface area contributed by atoms with Crippen LogP contribution in [0.15, 0.2) is 23.1 Å². The van der Waals surface area contributed by atoms with Crippen LogP contribution < -0.4 is 5.73 Å². The van der Waals surface area contributed by atoms with E-state index in [0.717, 1.165) is 10.5 Å². The average molecular weight is 199 g/mol. The summed E-state index contributed by atoms with van der Waals surface area (Å²) in [6.45, 7) is 1.89. The lowest BCUT2D eigenvalue weighted by Gasteiger charge is -2.10. The van der Waals surface area contributed by atoms with Gasteiger partial charge >= 0.3 is 0 Å². The summed E-state index contributed by atoms with van der Waals surface area (Å²) in [7, 11) is 0. The third-order valence-corrected chi connectivity index (χ3v) is 2.64. The van der Waals surface area contributed by atoms with Crippen molar-refractivity contribution >= 4 is 11.8 Å². The van der Waals surface area contributed by atoms with Gasteiger partial charge in [0.25, 0.3) is 0 Å². The Labute approximate surface area is 82.5 Å². The van der Waals surface area contributed by atoms with Gasteiger partial charge in [-0.2, -0.15) is 0 Å². The third-order valence-electron chi connectivity index (χ3n) is 1.82. The zero-order valence-electron chi connectivity index (χ0n) is 7.88. The Kier molecular flexibility index (Phi) is 3.75.